The Morgan fingerprint density at radius 2 is 2.00 bits per heavy atom. The maximum atomic E-state index is 11.6. The highest BCUT2D eigenvalue weighted by molar-refractivity contribution is 6.00. The molecule has 0 fully saturated rings. The molecule has 2 aromatic rings. The first kappa shape index (κ1) is 14.1. The fraction of sp³-hybridized carbons (Fsp3) is 0.250. The molecule has 4 heteroatoms. The molecular formula is C16H17NO3. The molecule has 1 amide bonds. The molecule has 0 bridgehead atoms. The number of hydrogen-bond acceptors (Lipinski definition) is 3. The molecule has 0 saturated heterocycles. The predicted molar refractivity (Wildman–Crippen MR) is 78.0 cm³/mol. The number of fused-ring (bicyclic) bond motifs is 1. The number of aryl methyl sites for hydroxylation is 1. The Morgan fingerprint density at radius 1 is 1.25 bits per heavy atom. The minimum atomic E-state index is -0.0111. The summed E-state index contributed by atoms with van der Waals surface area (Å²) in [5, 5.41) is 11.2. The Morgan fingerprint density at radius 3 is 2.65 bits per heavy atom. The van der Waals surface area contributed by atoms with Crippen LogP contribution in [0.15, 0.2) is 30.3 Å². The lowest BCUT2D eigenvalue weighted by Crippen LogP contribution is -2.21. The van der Waals surface area contributed by atoms with Gasteiger partial charge in [-0.2, -0.15) is 0 Å². The van der Waals surface area contributed by atoms with E-state index < -0.39 is 0 Å². The average molecular weight is 271 g/mol. The normalized spacial score (nSPS) is 10.5. The monoisotopic (exact) mass is 271 g/mol. The van der Waals surface area contributed by atoms with Gasteiger partial charge in [-0.15, -0.1) is 0 Å². The minimum absolute atomic E-state index is 0.0111. The lowest BCUT2D eigenvalue weighted by Gasteiger charge is -2.10. The largest absolute Gasteiger partial charge is 0.507 e. The van der Waals surface area contributed by atoms with Gasteiger partial charge in [0.05, 0.1) is 5.56 Å². The number of benzene rings is 2. The van der Waals surface area contributed by atoms with Crippen molar-refractivity contribution in [3.63, 3.8) is 0 Å². The smallest absolute Gasteiger partial charge is 0.222 e. The summed E-state index contributed by atoms with van der Waals surface area (Å²) < 4.78 is 0. The molecule has 20 heavy (non-hydrogen) atoms. The van der Waals surface area contributed by atoms with Crippen LogP contribution in [0, 0.1) is 0 Å². The fourth-order valence-electron chi connectivity index (χ4n) is 2.15. The van der Waals surface area contributed by atoms with Crippen molar-refractivity contribution in [1.29, 1.82) is 0 Å². The van der Waals surface area contributed by atoms with Gasteiger partial charge >= 0.3 is 0 Å². The SMILES string of the molecule is CN(C)C(=O)CCc1ccc2c(C=O)c(O)ccc2c1. The zero-order valence-electron chi connectivity index (χ0n) is 11.6. The number of carbonyl (C=O) groups is 2. The van der Waals surface area contributed by atoms with Crippen molar-refractivity contribution in [2.75, 3.05) is 14.1 Å². The Hall–Kier alpha value is -2.36. The van der Waals surface area contributed by atoms with Crippen LogP contribution in [0.1, 0.15) is 22.3 Å². The summed E-state index contributed by atoms with van der Waals surface area (Å²) in [5.41, 5.74) is 1.34. The van der Waals surface area contributed by atoms with Crippen molar-refractivity contribution < 1.29 is 14.7 Å². The van der Waals surface area contributed by atoms with E-state index >= 15 is 0 Å². The van der Waals surface area contributed by atoms with E-state index in [9.17, 15) is 14.7 Å². The molecule has 2 aromatic carbocycles. The lowest BCUT2D eigenvalue weighted by atomic mass is 10.00. The van der Waals surface area contributed by atoms with Crippen molar-refractivity contribution in [1.82, 2.24) is 4.90 Å². The minimum Gasteiger partial charge on any atom is -0.507 e. The van der Waals surface area contributed by atoms with Gasteiger partial charge in [-0.25, -0.2) is 0 Å². The third-order valence-corrected chi connectivity index (χ3v) is 3.35. The van der Waals surface area contributed by atoms with Crippen LogP contribution in [0.25, 0.3) is 10.8 Å². The summed E-state index contributed by atoms with van der Waals surface area (Å²) in [6.45, 7) is 0. The Kier molecular flexibility index (Phi) is 4.03. The molecule has 0 radical (unpaired) electrons. The number of amides is 1. The summed E-state index contributed by atoms with van der Waals surface area (Å²) >= 11 is 0. The highest BCUT2D eigenvalue weighted by Crippen LogP contribution is 2.26. The summed E-state index contributed by atoms with van der Waals surface area (Å²) in [6, 6.07) is 8.94. The number of rotatable bonds is 4. The molecule has 0 unspecified atom stereocenters. The molecule has 0 saturated carbocycles. The van der Waals surface area contributed by atoms with Crippen molar-refractivity contribution in [2.45, 2.75) is 12.8 Å². The van der Waals surface area contributed by atoms with Gasteiger partial charge in [-0.3, -0.25) is 9.59 Å². The molecule has 0 aliphatic heterocycles. The van der Waals surface area contributed by atoms with Crippen LogP contribution in [0.4, 0.5) is 0 Å². The molecule has 0 aliphatic rings. The van der Waals surface area contributed by atoms with E-state index in [1.54, 1.807) is 25.1 Å². The maximum absolute atomic E-state index is 11.6. The lowest BCUT2D eigenvalue weighted by molar-refractivity contribution is -0.128. The summed E-state index contributed by atoms with van der Waals surface area (Å²) in [6.07, 6.45) is 1.77. The molecule has 104 valence electrons. The van der Waals surface area contributed by atoms with Crippen molar-refractivity contribution in [3.8, 4) is 5.75 Å². The highest BCUT2D eigenvalue weighted by Gasteiger charge is 2.08. The predicted octanol–water partition coefficient (Wildman–Crippen LogP) is 2.38. The van der Waals surface area contributed by atoms with Gasteiger partial charge in [-0.05, 0) is 28.8 Å². The number of nitrogens with zero attached hydrogens (tertiary/aromatic N) is 1. The number of aldehydes is 1. The quantitative estimate of drug-likeness (QED) is 0.869. The van der Waals surface area contributed by atoms with Crippen LogP contribution in [-0.4, -0.2) is 36.3 Å². The molecule has 4 nitrogen and oxygen atoms in total. The van der Waals surface area contributed by atoms with Crippen molar-refractivity contribution in [2.24, 2.45) is 0 Å². The molecule has 2 rings (SSSR count). The van der Waals surface area contributed by atoms with Gasteiger partial charge in [0, 0.05) is 20.5 Å². The third-order valence-electron chi connectivity index (χ3n) is 3.35. The van der Waals surface area contributed by atoms with Gasteiger partial charge in [0.1, 0.15) is 5.75 Å². The molecule has 0 aromatic heterocycles. The fourth-order valence-corrected chi connectivity index (χ4v) is 2.15. The van der Waals surface area contributed by atoms with E-state index in [0.717, 1.165) is 16.3 Å². The number of phenolic OH excluding ortho intramolecular Hbond substituents is 1. The van der Waals surface area contributed by atoms with Crippen LogP contribution in [0.5, 0.6) is 5.75 Å². The second kappa shape index (κ2) is 5.74. The molecular weight excluding hydrogens is 254 g/mol. The summed E-state index contributed by atoms with van der Waals surface area (Å²) in [4.78, 5) is 24.2. The van der Waals surface area contributed by atoms with Crippen molar-refractivity contribution >= 4 is 23.0 Å². The van der Waals surface area contributed by atoms with Gasteiger partial charge in [0.15, 0.2) is 6.29 Å². The molecule has 0 aliphatic carbocycles. The van der Waals surface area contributed by atoms with Gasteiger partial charge in [0.25, 0.3) is 0 Å². The topological polar surface area (TPSA) is 57.6 Å². The zero-order chi connectivity index (χ0) is 14.7. The first-order valence-electron chi connectivity index (χ1n) is 6.43. The maximum Gasteiger partial charge on any atom is 0.222 e. The number of hydrogen-bond donors (Lipinski definition) is 1. The summed E-state index contributed by atoms with van der Waals surface area (Å²) in [5.74, 6) is 0.0763. The standard InChI is InChI=1S/C16H17NO3/c1-17(2)16(20)8-4-11-3-6-13-12(9-11)5-7-15(19)14(13)10-18/h3,5-7,9-10,19H,4,8H2,1-2H3. The van der Waals surface area contributed by atoms with E-state index in [1.165, 1.54) is 6.07 Å². The van der Waals surface area contributed by atoms with Crippen LogP contribution in [-0.2, 0) is 11.2 Å². The van der Waals surface area contributed by atoms with Crippen molar-refractivity contribution in [3.05, 3.63) is 41.5 Å². The van der Waals surface area contributed by atoms with Crippen LogP contribution >= 0.6 is 0 Å². The Balaban J connectivity index is 2.28. The van der Waals surface area contributed by atoms with E-state index in [0.29, 0.717) is 24.7 Å². The zero-order valence-corrected chi connectivity index (χ0v) is 11.6. The van der Waals surface area contributed by atoms with Gasteiger partial charge in [-0.1, -0.05) is 24.3 Å². The molecule has 0 spiro atoms. The molecule has 1 N–H and O–H groups in total. The highest BCUT2D eigenvalue weighted by atomic mass is 16.3. The first-order chi connectivity index (χ1) is 9.52. The number of carbonyl (C=O) groups excluding carboxylic acids is 2. The van der Waals surface area contributed by atoms with Crippen LogP contribution in [0.3, 0.4) is 0 Å². The Labute approximate surface area is 117 Å². The number of aromatic hydroxyl groups is 1. The van der Waals surface area contributed by atoms with E-state index in [4.69, 9.17) is 0 Å². The third kappa shape index (κ3) is 2.79. The first-order valence-corrected chi connectivity index (χ1v) is 6.43. The second-order valence-electron chi connectivity index (χ2n) is 4.96. The number of phenols is 1. The van der Waals surface area contributed by atoms with Gasteiger partial charge in [0.2, 0.25) is 5.91 Å². The Bertz CT molecular complexity index is 662. The molecule has 0 heterocycles. The van der Waals surface area contributed by atoms with E-state index in [2.05, 4.69) is 0 Å². The van der Waals surface area contributed by atoms with Gasteiger partial charge < -0.3 is 10.0 Å². The second-order valence-corrected chi connectivity index (χ2v) is 4.96. The average Bonchev–Trinajstić information content (AvgIpc) is 2.44. The van der Waals surface area contributed by atoms with E-state index in [1.807, 2.05) is 18.2 Å². The van der Waals surface area contributed by atoms with Crippen LogP contribution < -0.4 is 0 Å². The molecule has 0 atom stereocenters. The summed E-state index contributed by atoms with van der Waals surface area (Å²) in [7, 11) is 3.48. The van der Waals surface area contributed by atoms with E-state index in [-0.39, 0.29) is 11.7 Å². The van der Waals surface area contributed by atoms with Crippen LogP contribution in [0.2, 0.25) is 0 Å².